The molecule has 1 N–H and O–H groups in total. The number of rotatable bonds is 1. The Kier molecular flexibility index (Phi) is 2.55. The van der Waals surface area contributed by atoms with Gasteiger partial charge in [-0.25, -0.2) is 4.98 Å². The number of pyridine rings is 1. The van der Waals surface area contributed by atoms with E-state index in [1.54, 1.807) is 12.4 Å². The normalized spacial score (nSPS) is 13.7. The van der Waals surface area contributed by atoms with Crippen LogP contribution in [0.15, 0.2) is 27.7 Å². The highest BCUT2D eigenvalue weighted by Gasteiger charge is 2.17. The van der Waals surface area contributed by atoms with E-state index in [1.807, 2.05) is 6.07 Å². The molecule has 4 nitrogen and oxygen atoms in total. The number of nitrogens with one attached hydrogen (secondary N) is 1. The maximum atomic E-state index is 11.9. The lowest BCUT2D eigenvalue weighted by atomic mass is 10.2. The van der Waals surface area contributed by atoms with Crippen LogP contribution in [-0.2, 0) is 12.8 Å². The van der Waals surface area contributed by atoms with Crippen LogP contribution in [0.1, 0.15) is 17.7 Å². The van der Waals surface area contributed by atoms with Gasteiger partial charge in [0.1, 0.15) is 5.82 Å². The summed E-state index contributed by atoms with van der Waals surface area (Å²) < 4.78 is 0.873. The Labute approximate surface area is 106 Å². The Morgan fingerprint density at radius 3 is 3.00 bits per heavy atom. The Bertz CT molecular complexity index is 636. The van der Waals surface area contributed by atoms with Crippen molar-refractivity contribution in [3.8, 4) is 11.4 Å². The van der Waals surface area contributed by atoms with Gasteiger partial charge in [0.25, 0.3) is 5.56 Å². The summed E-state index contributed by atoms with van der Waals surface area (Å²) in [5.74, 6) is 0.601. The molecule has 0 fully saturated rings. The van der Waals surface area contributed by atoms with Gasteiger partial charge in [-0.2, -0.15) is 0 Å². The summed E-state index contributed by atoms with van der Waals surface area (Å²) in [5, 5.41) is 0. The second-order valence-corrected chi connectivity index (χ2v) is 5.00. The fourth-order valence-electron chi connectivity index (χ4n) is 2.12. The minimum Gasteiger partial charge on any atom is -0.306 e. The highest BCUT2D eigenvalue weighted by atomic mass is 79.9. The second kappa shape index (κ2) is 4.07. The van der Waals surface area contributed by atoms with Crippen LogP contribution in [-0.4, -0.2) is 15.0 Å². The van der Waals surface area contributed by atoms with Crippen molar-refractivity contribution in [1.82, 2.24) is 15.0 Å². The van der Waals surface area contributed by atoms with E-state index in [4.69, 9.17) is 0 Å². The van der Waals surface area contributed by atoms with Crippen molar-refractivity contribution in [2.24, 2.45) is 0 Å². The third-order valence-corrected chi connectivity index (χ3v) is 3.35. The summed E-state index contributed by atoms with van der Waals surface area (Å²) in [4.78, 5) is 23.3. The molecule has 0 bridgehead atoms. The Hall–Kier alpha value is -1.49. The lowest BCUT2D eigenvalue weighted by Gasteiger charge is -2.03. The van der Waals surface area contributed by atoms with Crippen molar-refractivity contribution in [2.45, 2.75) is 19.3 Å². The van der Waals surface area contributed by atoms with E-state index < -0.39 is 0 Å². The van der Waals surface area contributed by atoms with Crippen LogP contribution in [0.2, 0.25) is 0 Å². The van der Waals surface area contributed by atoms with Crippen LogP contribution in [0.3, 0.4) is 0 Å². The molecular formula is C12H10BrN3O. The molecule has 0 amide bonds. The third kappa shape index (κ3) is 1.91. The molecule has 0 saturated heterocycles. The molecule has 0 aliphatic heterocycles. The van der Waals surface area contributed by atoms with Gasteiger partial charge in [0.2, 0.25) is 0 Å². The van der Waals surface area contributed by atoms with Gasteiger partial charge in [0.15, 0.2) is 0 Å². The molecule has 0 spiro atoms. The molecule has 3 rings (SSSR count). The van der Waals surface area contributed by atoms with Crippen LogP contribution in [0.5, 0.6) is 0 Å². The van der Waals surface area contributed by atoms with E-state index >= 15 is 0 Å². The van der Waals surface area contributed by atoms with E-state index in [0.717, 1.165) is 40.6 Å². The number of aromatic nitrogens is 3. The van der Waals surface area contributed by atoms with Crippen LogP contribution in [0.4, 0.5) is 0 Å². The second-order valence-electron chi connectivity index (χ2n) is 4.09. The van der Waals surface area contributed by atoms with Gasteiger partial charge >= 0.3 is 0 Å². The minimum absolute atomic E-state index is 0.0116. The molecule has 1 aliphatic rings. The Morgan fingerprint density at radius 2 is 2.18 bits per heavy atom. The number of hydrogen-bond donors (Lipinski definition) is 1. The Morgan fingerprint density at radius 1 is 1.29 bits per heavy atom. The zero-order valence-electron chi connectivity index (χ0n) is 9.03. The van der Waals surface area contributed by atoms with E-state index in [2.05, 4.69) is 30.9 Å². The van der Waals surface area contributed by atoms with Crippen molar-refractivity contribution < 1.29 is 0 Å². The van der Waals surface area contributed by atoms with Gasteiger partial charge in [-0.15, -0.1) is 0 Å². The third-order valence-electron chi connectivity index (χ3n) is 2.92. The molecule has 0 atom stereocenters. The molecule has 0 saturated carbocycles. The minimum atomic E-state index is -0.0116. The first-order valence-corrected chi connectivity index (χ1v) is 6.26. The summed E-state index contributed by atoms with van der Waals surface area (Å²) >= 11 is 3.36. The molecule has 86 valence electrons. The van der Waals surface area contributed by atoms with Crippen LogP contribution < -0.4 is 5.56 Å². The van der Waals surface area contributed by atoms with Crippen LogP contribution in [0, 0.1) is 0 Å². The molecular weight excluding hydrogens is 282 g/mol. The number of halogens is 1. The van der Waals surface area contributed by atoms with Gasteiger partial charge in [-0.3, -0.25) is 9.78 Å². The average Bonchev–Trinajstić information content (AvgIpc) is 2.77. The monoisotopic (exact) mass is 291 g/mol. The molecule has 1 aliphatic carbocycles. The molecule has 0 radical (unpaired) electrons. The van der Waals surface area contributed by atoms with E-state index in [1.165, 1.54) is 0 Å². The van der Waals surface area contributed by atoms with E-state index in [-0.39, 0.29) is 5.56 Å². The first-order valence-electron chi connectivity index (χ1n) is 5.47. The number of aromatic amines is 1. The molecule has 2 aromatic rings. The molecule has 0 unspecified atom stereocenters. The van der Waals surface area contributed by atoms with Crippen LogP contribution in [0.25, 0.3) is 11.4 Å². The van der Waals surface area contributed by atoms with Gasteiger partial charge in [0, 0.05) is 28.0 Å². The first kappa shape index (κ1) is 10.7. The van der Waals surface area contributed by atoms with Gasteiger partial charge in [-0.05, 0) is 41.3 Å². The van der Waals surface area contributed by atoms with Crippen molar-refractivity contribution in [1.29, 1.82) is 0 Å². The van der Waals surface area contributed by atoms with Crippen molar-refractivity contribution in [3.63, 3.8) is 0 Å². The summed E-state index contributed by atoms with van der Waals surface area (Å²) in [6.07, 6.45) is 6.16. The maximum absolute atomic E-state index is 11.9. The summed E-state index contributed by atoms with van der Waals surface area (Å²) in [5.41, 5.74) is 2.59. The zero-order chi connectivity index (χ0) is 11.8. The maximum Gasteiger partial charge on any atom is 0.254 e. The average molecular weight is 292 g/mol. The van der Waals surface area contributed by atoms with Gasteiger partial charge in [0.05, 0.1) is 5.69 Å². The van der Waals surface area contributed by atoms with E-state index in [9.17, 15) is 4.79 Å². The molecule has 17 heavy (non-hydrogen) atoms. The number of nitrogens with zero attached hydrogens (tertiary/aromatic N) is 2. The zero-order valence-corrected chi connectivity index (χ0v) is 10.6. The summed E-state index contributed by atoms with van der Waals surface area (Å²) in [6.45, 7) is 0. The molecule has 2 aromatic heterocycles. The smallest absolute Gasteiger partial charge is 0.254 e. The quantitative estimate of drug-likeness (QED) is 0.875. The first-order chi connectivity index (χ1) is 8.24. The van der Waals surface area contributed by atoms with Crippen LogP contribution >= 0.6 is 15.9 Å². The fourth-order valence-corrected chi connectivity index (χ4v) is 2.48. The van der Waals surface area contributed by atoms with Gasteiger partial charge < -0.3 is 4.98 Å². The number of fused-ring (bicyclic) bond motifs is 1. The highest BCUT2D eigenvalue weighted by molar-refractivity contribution is 9.10. The molecule has 2 heterocycles. The Balaban J connectivity index is 2.16. The molecule has 0 aromatic carbocycles. The SMILES string of the molecule is O=c1[nH]c(-c2cncc(Br)c2)nc2c1CCC2. The standard InChI is InChI=1S/C12H10BrN3O/c13-8-4-7(5-14-6-8)11-15-10-3-1-2-9(10)12(17)16-11/h4-6H,1-3H2,(H,15,16,17). The predicted molar refractivity (Wildman–Crippen MR) is 67.8 cm³/mol. The largest absolute Gasteiger partial charge is 0.306 e. The highest BCUT2D eigenvalue weighted by Crippen LogP contribution is 2.21. The topological polar surface area (TPSA) is 58.6 Å². The number of aryl methyl sites for hydroxylation is 1. The lowest BCUT2D eigenvalue weighted by molar-refractivity contribution is 0.899. The lowest BCUT2D eigenvalue weighted by Crippen LogP contribution is -2.15. The van der Waals surface area contributed by atoms with Crippen molar-refractivity contribution >= 4 is 15.9 Å². The van der Waals surface area contributed by atoms with Gasteiger partial charge in [-0.1, -0.05) is 0 Å². The number of hydrogen-bond acceptors (Lipinski definition) is 3. The molecule has 5 heteroatoms. The summed E-state index contributed by atoms with van der Waals surface area (Å²) in [7, 11) is 0. The number of H-pyrrole nitrogens is 1. The van der Waals surface area contributed by atoms with Crippen molar-refractivity contribution in [3.05, 3.63) is 44.5 Å². The summed E-state index contributed by atoms with van der Waals surface area (Å²) in [6, 6.07) is 1.90. The fraction of sp³-hybridized carbons (Fsp3) is 0.250. The van der Waals surface area contributed by atoms with Crippen molar-refractivity contribution in [2.75, 3.05) is 0 Å². The predicted octanol–water partition coefficient (Wildman–Crippen LogP) is 2.08. The van der Waals surface area contributed by atoms with E-state index in [0.29, 0.717) is 5.82 Å².